The minimum Gasteiger partial charge on any atom is -0.496 e. The Kier molecular flexibility index (Phi) is 5.26. The van der Waals surface area contributed by atoms with Crippen LogP contribution in [0.2, 0.25) is 0 Å². The first-order valence-electron chi connectivity index (χ1n) is 8.71. The topological polar surface area (TPSA) is 55.8 Å². The molecule has 0 bridgehead atoms. The molecule has 2 aromatic rings. The van der Waals surface area contributed by atoms with Gasteiger partial charge >= 0.3 is 5.97 Å². The van der Waals surface area contributed by atoms with Gasteiger partial charge in [0.1, 0.15) is 5.75 Å². The minimum absolute atomic E-state index is 0.174. The predicted molar refractivity (Wildman–Crippen MR) is 98.2 cm³/mol. The Hall–Kier alpha value is -2.82. The number of fused-ring (bicyclic) bond motifs is 1. The Labute approximate surface area is 153 Å². The molecule has 0 unspecified atom stereocenters. The van der Waals surface area contributed by atoms with E-state index in [2.05, 4.69) is 6.07 Å². The molecule has 1 aliphatic rings. The van der Waals surface area contributed by atoms with Crippen molar-refractivity contribution in [2.24, 2.45) is 0 Å². The fraction of sp³-hybridized carbons (Fsp3) is 0.333. The zero-order chi connectivity index (χ0) is 18.7. The van der Waals surface area contributed by atoms with E-state index in [0.717, 1.165) is 17.5 Å². The van der Waals surface area contributed by atoms with E-state index in [9.17, 15) is 9.59 Å². The van der Waals surface area contributed by atoms with Gasteiger partial charge in [0.15, 0.2) is 6.10 Å². The molecule has 136 valence electrons. The van der Waals surface area contributed by atoms with Crippen LogP contribution in [0.15, 0.2) is 42.5 Å². The quantitative estimate of drug-likeness (QED) is 0.793. The highest BCUT2D eigenvalue weighted by molar-refractivity contribution is 5.92. The Balaban J connectivity index is 1.65. The first-order valence-corrected chi connectivity index (χ1v) is 8.71. The van der Waals surface area contributed by atoms with Gasteiger partial charge in [0.05, 0.1) is 12.7 Å². The van der Waals surface area contributed by atoms with Crippen LogP contribution in [0.25, 0.3) is 0 Å². The zero-order valence-electron chi connectivity index (χ0n) is 15.3. The summed E-state index contributed by atoms with van der Waals surface area (Å²) in [7, 11) is 1.55. The summed E-state index contributed by atoms with van der Waals surface area (Å²) < 4.78 is 10.6. The second-order valence-electron chi connectivity index (χ2n) is 6.51. The highest BCUT2D eigenvalue weighted by atomic mass is 16.5. The van der Waals surface area contributed by atoms with Crippen LogP contribution in [0.5, 0.6) is 5.75 Å². The number of aryl methyl sites for hydroxylation is 1. The molecule has 3 rings (SSSR count). The molecule has 26 heavy (non-hydrogen) atoms. The van der Waals surface area contributed by atoms with Crippen molar-refractivity contribution in [3.05, 3.63) is 64.7 Å². The van der Waals surface area contributed by atoms with Gasteiger partial charge in [-0.05, 0) is 49.1 Å². The molecule has 0 N–H and O–H groups in total. The van der Waals surface area contributed by atoms with Crippen LogP contribution >= 0.6 is 0 Å². The van der Waals surface area contributed by atoms with Crippen molar-refractivity contribution in [3.63, 3.8) is 0 Å². The lowest BCUT2D eigenvalue weighted by Crippen LogP contribution is -2.42. The third kappa shape index (κ3) is 3.72. The van der Waals surface area contributed by atoms with Crippen LogP contribution in [0.4, 0.5) is 0 Å². The van der Waals surface area contributed by atoms with Gasteiger partial charge < -0.3 is 14.4 Å². The second-order valence-corrected chi connectivity index (χ2v) is 6.51. The molecular weight excluding hydrogens is 330 g/mol. The summed E-state index contributed by atoms with van der Waals surface area (Å²) in [5.41, 5.74) is 3.72. The highest BCUT2D eigenvalue weighted by Gasteiger charge is 2.27. The van der Waals surface area contributed by atoms with Crippen molar-refractivity contribution in [2.45, 2.75) is 32.9 Å². The van der Waals surface area contributed by atoms with Crippen LogP contribution in [0.3, 0.4) is 0 Å². The van der Waals surface area contributed by atoms with E-state index < -0.39 is 12.1 Å². The fourth-order valence-electron chi connectivity index (χ4n) is 3.17. The molecule has 0 spiro atoms. The summed E-state index contributed by atoms with van der Waals surface area (Å²) in [6.07, 6.45) is -0.0161. The summed E-state index contributed by atoms with van der Waals surface area (Å²) in [4.78, 5) is 26.8. The summed E-state index contributed by atoms with van der Waals surface area (Å²) in [6.45, 7) is 4.70. The first kappa shape index (κ1) is 18.0. The highest BCUT2D eigenvalue weighted by Crippen LogP contribution is 2.21. The fourth-order valence-corrected chi connectivity index (χ4v) is 3.17. The van der Waals surface area contributed by atoms with Crippen molar-refractivity contribution in [1.29, 1.82) is 0 Å². The molecule has 0 aromatic heterocycles. The average molecular weight is 353 g/mol. The molecule has 0 radical (unpaired) electrons. The molecule has 0 fully saturated rings. The van der Waals surface area contributed by atoms with Gasteiger partial charge in [-0.25, -0.2) is 4.79 Å². The molecule has 0 aliphatic carbocycles. The molecule has 1 atom stereocenters. The minimum atomic E-state index is -0.833. The number of rotatable bonds is 4. The van der Waals surface area contributed by atoms with Gasteiger partial charge in [0.2, 0.25) is 0 Å². The number of benzene rings is 2. The number of carbonyl (C=O) groups excluding carboxylic acids is 2. The summed E-state index contributed by atoms with van der Waals surface area (Å²) in [5, 5.41) is 0. The number of esters is 1. The smallest absolute Gasteiger partial charge is 0.339 e. The van der Waals surface area contributed by atoms with E-state index in [1.165, 1.54) is 5.56 Å². The maximum absolute atomic E-state index is 12.7. The van der Waals surface area contributed by atoms with Crippen LogP contribution in [-0.4, -0.2) is 36.5 Å². The molecule has 1 heterocycles. The third-order valence-electron chi connectivity index (χ3n) is 4.72. The van der Waals surface area contributed by atoms with Crippen LogP contribution in [0, 0.1) is 6.92 Å². The van der Waals surface area contributed by atoms with Crippen molar-refractivity contribution >= 4 is 11.9 Å². The molecule has 1 aliphatic heterocycles. The maximum Gasteiger partial charge on any atom is 0.339 e. The van der Waals surface area contributed by atoms with Crippen LogP contribution in [-0.2, 0) is 22.5 Å². The Morgan fingerprint density at radius 3 is 2.58 bits per heavy atom. The van der Waals surface area contributed by atoms with Gasteiger partial charge in [-0.2, -0.15) is 0 Å². The molecular formula is C21H23NO4. The summed E-state index contributed by atoms with van der Waals surface area (Å²) in [5.74, 6) is -0.0837. The average Bonchev–Trinajstić information content (AvgIpc) is 2.67. The van der Waals surface area contributed by atoms with Crippen molar-refractivity contribution in [1.82, 2.24) is 4.90 Å². The standard InChI is InChI=1S/C21H23NO4/c1-14-8-9-17(12-19(14)25-3)21(24)26-15(2)20(23)22-11-10-16-6-4-5-7-18(16)13-22/h4-9,12,15H,10-11,13H2,1-3H3/t15-/m0/s1. The van der Waals surface area contributed by atoms with Crippen molar-refractivity contribution < 1.29 is 19.1 Å². The molecule has 0 saturated heterocycles. The van der Waals surface area contributed by atoms with E-state index in [1.54, 1.807) is 37.1 Å². The number of carbonyl (C=O) groups is 2. The third-order valence-corrected chi connectivity index (χ3v) is 4.72. The second kappa shape index (κ2) is 7.60. The van der Waals surface area contributed by atoms with Crippen molar-refractivity contribution in [3.8, 4) is 5.75 Å². The Morgan fingerprint density at radius 1 is 1.12 bits per heavy atom. The Bertz CT molecular complexity index is 831. The van der Waals surface area contributed by atoms with Crippen LogP contribution < -0.4 is 4.74 Å². The van der Waals surface area contributed by atoms with E-state index >= 15 is 0 Å². The van der Waals surface area contributed by atoms with Gasteiger partial charge in [-0.3, -0.25) is 4.79 Å². The zero-order valence-corrected chi connectivity index (χ0v) is 15.3. The van der Waals surface area contributed by atoms with Gasteiger partial charge in [0, 0.05) is 13.1 Å². The van der Waals surface area contributed by atoms with Gasteiger partial charge in [0.25, 0.3) is 5.91 Å². The monoisotopic (exact) mass is 353 g/mol. The molecule has 5 heteroatoms. The van der Waals surface area contributed by atoms with E-state index in [4.69, 9.17) is 9.47 Å². The normalized spacial score (nSPS) is 14.3. The van der Waals surface area contributed by atoms with Crippen LogP contribution in [0.1, 0.15) is 34.0 Å². The molecule has 1 amide bonds. The number of hydrogen-bond donors (Lipinski definition) is 0. The summed E-state index contributed by atoms with van der Waals surface area (Å²) >= 11 is 0. The number of hydrogen-bond acceptors (Lipinski definition) is 4. The Morgan fingerprint density at radius 2 is 1.85 bits per heavy atom. The van der Waals surface area contributed by atoms with E-state index in [0.29, 0.717) is 24.4 Å². The summed E-state index contributed by atoms with van der Waals surface area (Å²) in [6, 6.07) is 13.2. The molecule has 5 nitrogen and oxygen atoms in total. The lowest BCUT2D eigenvalue weighted by Gasteiger charge is -2.30. The SMILES string of the molecule is COc1cc(C(=O)O[C@@H](C)C(=O)N2CCc3ccccc3C2)ccc1C. The van der Waals surface area contributed by atoms with Gasteiger partial charge in [-0.15, -0.1) is 0 Å². The number of ether oxygens (including phenoxy) is 2. The molecule has 0 saturated carbocycles. The lowest BCUT2D eigenvalue weighted by molar-refractivity contribution is -0.140. The first-order chi connectivity index (χ1) is 12.5. The lowest BCUT2D eigenvalue weighted by atomic mass is 9.99. The van der Waals surface area contributed by atoms with E-state index in [1.807, 2.05) is 25.1 Å². The number of methoxy groups -OCH3 is 1. The number of amides is 1. The largest absolute Gasteiger partial charge is 0.496 e. The van der Waals surface area contributed by atoms with Crippen molar-refractivity contribution in [2.75, 3.05) is 13.7 Å². The molecule has 2 aromatic carbocycles. The maximum atomic E-state index is 12.7. The van der Waals surface area contributed by atoms with E-state index in [-0.39, 0.29) is 5.91 Å². The van der Waals surface area contributed by atoms with Gasteiger partial charge in [-0.1, -0.05) is 30.3 Å². The number of nitrogens with zero attached hydrogens (tertiary/aromatic N) is 1. The predicted octanol–water partition coefficient (Wildman–Crippen LogP) is 3.13.